The third-order valence-electron chi connectivity index (χ3n) is 6.06. The van der Waals surface area contributed by atoms with Crippen molar-refractivity contribution < 1.29 is 13.2 Å². The van der Waals surface area contributed by atoms with Crippen LogP contribution in [0.1, 0.15) is 5.56 Å². The Bertz CT molecular complexity index is 1250. The monoisotopic (exact) mass is 531 g/mol. The number of hydrogen-bond donors (Lipinski definition) is 0. The quantitative estimate of drug-likeness (QED) is 0.427. The number of rotatable bonds is 8. The van der Waals surface area contributed by atoms with Gasteiger partial charge in [0.2, 0.25) is 15.9 Å². The van der Waals surface area contributed by atoms with E-state index < -0.39 is 10.0 Å². The van der Waals surface area contributed by atoms with E-state index in [-0.39, 0.29) is 23.9 Å². The molecule has 1 amide bonds. The zero-order valence-electron chi connectivity index (χ0n) is 19.2. The highest BCUT2D eigenvalue weighted by Crippen LogP contribution is 2.22. The van der Waals surface area contributed by atoms with Crippen molar-refractivity contribution in [2.75, 3.05) is 44.2 Å². The maximum absolute atomic E-state index is 13.4. The van der Waals surface area contributed by atoms with Crippen LogP contribution in [0.2, 0.25) is 10.0 Å². The fourth-order valence-electron chi connectivity index (χ4n) is 4.08. The molecule has 3 aromatic carbocycles. The van der Waals surface area contributed by atoms with E-state index in [1.165, 1.54) is 16.4 Å². The molecule has 35 heavy (non-hydrogen) atoms. The van der Waals surface area contributed by atoms with E-state index in [4.69, 9.17) is 23.2 Å². The van der Waals surface area contributed by atoms with Gasteiger partial charge in [-0.15, -0.1) is 0 Å². The van der Waals surface area contributed by atoms with E-state index in [0.717, 1.165) is 11.3 Å². The molecule has 0 atom stereocenters. The first-order valence-corrected chi connectivity index (χ1v) is 13.6. The summed E-state index contributed by atoms with van der Waals surface area (Å²) >= 11 is 12.1. The second kappa shape index (κ2) is 11.4. The van der Waals surface area contributed by atoms with Crippen molar-refractivity contribution in [3.8, 4) is 0 Å². The first kappa shape index (κ1) is 25.5. The second-order valence-corrected chi connectivity index (χ2v) is 11.2. The molecule has 0 saturated carbocycles. The van der Waals surface area contributed by atoms with Crippen LogP contribution in [-0.2, 0) is 21.2 Å². The molecule has 1 aliphatic rings. The van der Waals surface area contributed by atoms with Crippen LogP contribution in [0.25, 0.3) is 0 Å². The van der Waals surface area contributed by atoms with E-state index in [1.54, 1.807) is 17.0 Å². The lowest BCUT2D eigenvalue weighted by Crippen LogP contribution is -2.52. The summed E-state index contributed by atoms with van der Waals surface area (Å²) in [5, 5.41) is 1.12. The van der Waals surface area contributed by atoms with Gasteiger partial charge in [0.25, 0.3) is 0 Å². The standard InChI is InChI=1S/C26H27Cl2N3O3S/c27-22-9-11-25(12-10-22)35(33,34)31(14-13-21-5-2-1-3-6-21)20-26(32)30-17-15-29(16-18-30)24-8-4-7-23(28)19-24/h1-12,19H,13-18,20H2. The van der Waals surface area contributed by atoms with Gasteiger partial charge >= 0.3 is 0 Å². The fraction of sp³-hybridized carbons (Fsp3) is 0.269. The van der Waals surface area contributed by atoms with Crippen LogP contribution in [0.3, 0.4) is 0 Å². The first-order chi connectivity index (χ1) is 16.8. The summed E-state index contributed by atoms with van der Waals surface area (Å²) < 4.78 is 28.2. The zero-order chi connectivity index (χ0) is 24.8. The minimum absolute atomic E-state index is 0.119. The topological polar surface area (TPSA) is 60.9 Å². The van der Waals surface area contributed by atoms with Gasteiger partial charge in [0.15, 0.2) is 0 Å². The maximum Gasteiger partial charge on any atom is 0.243 e. The lowest BCUT2D eigenvalue weighted by atomic mass is 10.1. The Balaban J connectivity index is 1.46. The smallest absolute Gasteiger partial charge is 0.243 e. The van der Waals surface area contributed by atoms with Crippen molar-refractivity contribution in [1.29, 1.82) is 0 Å². The minimum Gasteiger partial charge on any atom is -0.368 e. The lowest BCUT2D eigenvalue weighted by Gasteiger charge is -2.37. The summed E-state index contributed by atoms with van der Waals surface area (Å²) in [6.45, 7) is 2.32. The van der Waals surface area contributed by atoms with E-state index in [9.17, 15) is 13.2 Å². The Kier molecular flexibility index (Phi) is 8.34. The number of halogens is 2. The Morgan fingerprint density at radius 3 is 2.17 bits per heavy atom. The molecule has 9 heteroatoms. The third-order valence-corrected chi connectivity index (χ3v) is 8.41. The number of carbonyl (C=O) groups excluding carboxylic acids is 1. The van der Waals surface area contributed by atoms with Gasteiger partial charge in [-0.25, -0.2) is 8.42 Å². The van der Waals surface area contributed by atoms with Gasteiger partial charge in [-0.3, -0.25) is 4.79 Å². The Morgan fingerprint density at radius 2 is 1.51 bits per heavy atom. The molecule has 1 saturated heterocycles. The molecule has 3 aromatic rings. The van der Waals surface area contributed by atoms with Crippen LogP contribution < -0.4 is 4.90 Å². The van der Waals surface area contributed by atoms with Gasteiger partial charge in [-0.2, -0.15) is 4.31 Å². The number of piperazine rings is 1. The van der Waals surface area contributed by atoms with E-state index in [0.29, 0.717) is 42.6 Å². The first-order valence-electron chi connectivity index (χ1n) is 11.4. The summed E-state index contributed by atoms with van der Waals surface area (Å²) in [5.41, 5.74) is 2.02. The highest BCUT2D eigenvalue weighted by Gasteiger charge is 2.29. The van der Waals surface area contributed by atoms with Gasteiger partial charge in [-0.05, 0) is 54.4 Å². The van der Waals surface area contributed by atoms with Gasteiger partial charge < -0.3 is 9.80 Å². The van der Waals surface area contributed by atoms with Crippen molar-refractivity contribution in [2.45, 2.75) is 11.3 Å². The largest absolute Gasteiger partial charge is 0.368 e. The number of nitrogens with zero attached hydrogens (tertiary/aromatic N) is 3. The Labute approximate surface area is 216 Å². The number of carbonyl (C=O) groups is 1. The SMILES string of the molecule is O=C(CN(CCc1ccccc1)S(=O)(=O)c1ccc(Cl)cc1)N1CCN(c2cccc(Cl)c2)CC1. The number of benzene rings is 3. The van der Waals surface area contributed by atoms with Crippen LogP contribution in [-0.4, -0.2) is 62.8 Å². The summed E-state index contributed by atoms with van der Waals surface area (Å²) in [7, 11) is -3.88. The molecule has 0 aromatic heterocycles. The zero-order valence-corrected chi connectivity index (χ0v) is 21.5. The van der Waals surface area contributed by atoms with E-state index in [1.807, 2.05) is 54.6 Å². The van der Waals surface area contributed by atoms with Gasteiger partial charge in [0.05, 0.1) is 11.4 Å². The molecule has 1 fully saturated rings. The Hall–Kier alpha value is -2.58. The summed E-state index contributed by atoms with van der Waals surface area (Å²) in [6, 6.07) is 23.3. The van der Waals surface area contributed by atoms with Crippen LogP contribution >= 0.6 is 23.2 Å². The van der Waals surface area contributed by atoms with Gasteiger partial charge in [0.1, 0.15) is 0 Å². The minimum atomic E-state index is -3.88. The normalized spacial score (nSPS) is 14.4. The average Bonchev–Trinajstić information content (AvgIpc) is 2.87. The molecule has 0 radical (unpaired) electrons. The Morgan fingerprint density at radius 1 is 0.829 bits per heavy atom. The molecule has 0 aliphatic carbocycles. The van der Waals surface area contributed by atoms with Crippen LogP contribution in [0.15, 0.2) is 83.8 Å². The fourth-order valence-corrected chi connectivity index (χ4v) is 5.78. The lowest BCUT2D eigenvalue weighted by molar-refractivity contribution is -0.131. The van der Waals surface area contributed by atoms with Gasteiger partial charge in [-0.1, -0.05) is 59.6 Å². The van der Waals surface area contributed by atoms with Crippen LogP contribution in [0, 0.1) is 0 Å². The molecule has 184 valence electrons. The molecule has 1 heterocycles. The summed E-state index contributed by atoms with van der Waals surface area (Å²) in [4.78, 5) is 17.2. The van der Waals surface area contributed by atoms with E-state index in [2.05, 4.69) is 4.90 Å². The van der Waals surface area contributed by atoms with E-state index >= 15 is 0 Å². The molecular weight excluding hydrogens is 505 g/mol. The van der Waals surface area contributed by atoms with Crippen LogP contribution in [0.5, 0.6) is 0 Å². The highest BCUT2D eigenvalue weighted by molar-refractivity contribution is 7.89. The maximum atomic E-state index is 13.4. The van der Waals surface area contributed by atoms with Crippen molar-refractivity contribution in [1.82, 2.24) is 9.21 Å². The highest BCUT2D eigenvalue weighted by atomic mass is 35.5. The molecule has 0 bridgehead atoms. The predicted molar refractivity (Wildman–Crippen MR) is 141 cm³/mol. The molecule has 0 N–H and O–H groups in total. The molecule has 4 rings (SSSR count). The molecule has 1 aliphatic heterocycles. The van der Waals surface area contributed by atoms with Crippen molar-refractivity contribution in [3.05, 3.63) is 94.5 Å². The van der Waals surface area contributed by atoms with Gasteiger partial charge in [0, 0.05) is 48.5 Å². The molecule has 6 nitrogen and oxygen atoms in total. The van der Waals surface area contributed by atoms with Crippen LogP contribution in [0.4, 0.5) is 5.69 Å². The molecule has 0 unspecified atom stereocenters. The number of sulfonamides is 1. The van der Waals surface area contributed by atoms with Crippen molar-refractivity contribution in [2.24, 2.45) is 0 Å². The third kappa shape index (κ3) is 6.55. The number of amides is 1. The van der Waals surface area contributed by atoms with Crippen molar-refractivity contribution in [3.63, 3.8) is 0 Å². The summed E-state index contributed by atoms with van der Waals surface area (Å²) in [5.74, 6) is -0.207. The predicted octanol–water partition coefficient (Wildman–Crippen LogP) is 4.58. The second-order valence-electron chi connectivity index (χ2n) is 8.38. The number of hydrogen-bond acceptors (Lipinski definition) is 4. The number of anilines is 1. The summed E-state index contributed by atoms with van der Waals surface area (Å²) in [6.07, 6.45) is 0.503. The molecular formula is C26H27Cl2N3O3S. The average molecular weight is 532 g/mol. The van der Waals surface area contributed by atoms with Crippen molar-refractivity contribution >= 4 is 44.8 Å². The molecule has 0 spiro atoms.